The van der Waals surface area contributed by atoms with Crippen molar-refractivity contribution in [1.82, 2.24) is 0 Å². The van der Waals surface area contributed by atoms with Crippen molar-refractivity contribution in [3.8, 4) is 0 Å². The predicted octanol–water partition coefficient (Wildman–Crippen LogP) is -6.14. The summed E-state index contributed by atoms with van der Waals surface area (Å²) in [4.78, 5) is 11.8. The molecule has 0 saturated heterocycles. The Bertz CT molecular complexity index is 77.8. The van der Waals surface area contributed by atoms with Crippen molar-refractivity contribution in [2.24, 2.45) is 11.5 Å². The molecule has 0 heterocycles. The largest absolute Gasteiger partial charge is 1.00 e. The van der Waals surface area contributed by atoms with Gasteiger partial charge in [0.25, 0.3) is 0 Å². The van der Waals surface area contributed by atoms with Crippen LogP contribution in [0.3, 0.4) is 0 Å². The van der Waals surface area contributed by atoms with E-state index in [0.29, 0.717) is 0 Å². The van der Waals surface area contributed by atoms with Gasteiger partial charge >= 0.3 is 42.9 Å². The summed E-state index contributed by atoms with van der Waals surface area (Å²) in [5, 5.41) is 35.4. The van der Waals surface area contributed by atoms with Crippen LogP contribution in [0.25, 0.3) is 0 Å². The van der Waals surface area contributed by atoms with Gasteiger partial charge in [-0.1, -0.05) is 0 Å². The zero-order chi connectivity index (χ0) is 9.86. The number of hydrogen-bond donors (Lipinski definition) is 6. The van der Waals surface area contributed by atoms with Gasteiger partial charge in [-0.2, -0.15) is 0 Å². The fourth-order valence-corrected chi connectivity index (χ4v) is 0. The van der Waals surface area contributed by atoms with Crippen LogP contribution < -0.4 is 46.0 Å². The minimum Gasteiger partial charge on any atom is -0.830 e. The van der Waals surface area contributed by atoms with Gasteiger partial charge in [-0.3, -0.25) is 20.6 Å². The van der Waals surface area contributed by atoms with Gasteiger partial charge in [0.05, 0.1) is 0 Å². The first kappa shape index (κ1) is 22.7. The zero-order valence-corrected chi connectivity index (χ0v) is 8.25. The number of carbonyl (C=O) groups excluding carboxylic acids is 1. The molecule has 9 nitrogen and oxygen atoms in total. The second kappa shape index (κ2) is 22.5. The van der Waals surface area contributed by atoms with Crippen LogP contribution in [0.1, 0.15) is 0 Å². The second-order valence-corrected chi connectivity index (χ2v) is 0.815. The van der Waals surface area contributed by atoms with E-state index < -0.39 is 13.4 Å². The van der Waals surface area contributed by atoms with E-state index >= 15 is 0 Å². The molecule has 0 bridgehead atoms. The Labute approximate surface area is 89.9 Å². The molecule has 68 valence electrons. The Kier molecular flexibility index (Phi) is 42.5. The number of primary amides is 2. The van der Waals surface area contributed by atoms with E-state index in [4.69, 9.17) is 30.6 Å². The summed E-state index contributed by atoms with van der Waals surface area (Å²) in [5.41, 5.74) is 8.50. The summed E-state index contributed by atoms with van der Waals surface area (Å²) >= 11 is 0. The van der Waals surface area contributed by atoms with E-state index in [1.54, 1.807) is 0 Å². The van der Waals surface area contributed by atoms with Crippen LogP contribution in [-0.4, -0.2) is 34.1 Å². The van der Waals surface area contributed by atoms with E-state index in [2.05, 4.69) is 16.3 Å². The first-order valence-electron chi connectivity index (χ1n) is 1.89. The number of amides is 2. The summed E-state index contributed by atoms with van der Waals surface area (Å²) in [5.74, 6) is 0. The maximum Gasteiger partial charge on any atom is 1.00 e. The molecule has 0 spiro atoms. The Morgan fingerprint density at radius 2 is 1.50 bits per heavy atom. The molecule has 0 aromatic rings. The summed E-state index contributed by atoms with van der Waals surface area (Å²) in [6, 6.07) is -0.833. The molecular weight excluding hydrogens is 186 g/mol. The molecule has 0 unspecified atom stereocenters. The first-order valence-corrected chi connectivity index (χ1v) is 1.89. The smallest absolute Gasteiger partial charge is 0.830 e. The van der Waals surface area contributed by atoms with Crippen LogP contribution in [-0.2, 0) is 4.81 Å². The molecule has 0 fully saturated rings. The quantitative estimate of drug-likeness (QED) is 0.136. The van der Waals surface area contributed by atoms with Crippen molar-refractivity contribution in [1.29, 1.82) is 0 Å². The summed E-state index contributed by atoms with van der Waals surface area (Å²) < 4.78 is 0. The van der Waals surface area contributed by atoms with Crippen molar-refractivity contribution >= 4 is 13.4 Å². The van der Waals surface area contributed by atoms with E-state index in [1.165, 1.54) is 0 Å². The van der Waals surface area contributed by atoms with Gasteiger partial charge in [0, 0.05) is 0 Å². The topological polar surface area (TPSA) is 182 Å². The molecule has 2 amide bonds. The summed E-state index contributed by atoms with van der Waals surface area (Å²) in [7, 11) is -2.31. The van der Waals surface area contributed by atoms with Crippen molar-refractivity contribution in [2.75, 3.05) is 0 Å². The standard InChI is InChI=1S/CH4N2O.BH2O4.Na.H2O2/c2-1(3)4;2-1(3)5-4;;1-2/h(H4,2,3,4);2,4H;;1-2H/q;-1;+1;. The third kappa shape index (κ3) is 190. The Morgan fingerprint density at radius 3 is 1.50 bits per heavy atom. The van der Waals surface area contributed by atoms with Crippen LogP contribution in [0.15, 0.2) is 0 Å². The molecule has 11 heteroatoms. The van der Waals surface area contributed by atoms with E-state index in [0.717, 1.165) is 0 Å². The number of nitrogens with two attached hydrogens (primary N) is 2. The van der Waals surface area contributed by atoms with Crippen molar-refractivity contribution < 1.29 is 65.0 Å². The van der Waals surface area contributed by atoms with E-state index in [-0.39, 0.29) is 29.6 Å². The molecule has 0 saturated carbocycles. The molecule has 12 heavy (non-hydrogen) atoms. The Morgan fingerprint density at radius 1 is 1.42 bits per heavy atom. The maximum atomic E-state index is 9.00. The fraction of sp³-hybridized carbons (Fsp3) is 0. The fourth-order valence-electron chi connectivity index (χ4n) is 0. The number of carbonyl (C=O) groups is 1. The molecule has 8 N–H and O–H groups in total. The van der Waals surface area contributed by atoms with Crippen molar-refractivity contribution in [3.63, 3.8) is 0 Å². The number of hydrogen-bond acceptors (Lipinski definition) is 7. The monoisotopic (exact) mass is 194 g/mol. The first-order chi connectivity index (χ1) is 5.00. The summed E-state index contributed by atoms with van der Waals surface area (Å²) in [6.45, 7) is 0. The van der Waals surface area contributed by atoms with E-state index in [1.807, 2.05) is 0 Å². The van der Waals surface area contributed by atoms with Gasteiger partial charge in [-0.25, -0.2) is 4.79 Å². The minimum absolute atomic E-state index is 0. The maximum absolute atomic E-state index is 9.00. The molecule has 0 aromatic heterocycles. The zero-order valence-electron chi connectivity index (χ0n) is 6.25. The molecule has 0 atom stereocenters. The van der Waals surface area contributed by atoms with Crippen LogP contribution in [0.4, 0.5) is 4.79 Å². The van der Waals surface area contributed by atoms with Crippen LogP contribution in [0, 0.1) is 0 Å². The normalized spacial score (nSPS) is 5.75. The second-order valence-electron chi connectivity index (χ2n) is 0.815. The minimum atomic E-state index is -2.31. The van der Waals surface area contributed by atoms with Crippen molar-refractivity contribution in [2.45, 2.75) is 0 Å². The van der Waals surface area contributed by atoms with Gasteiger partial charge < -0.3 is 21.5 Å². The van der Waals surface area contributed by atoms with Crippen LogP contribution in [0.2, 0.25) is 0 Å². The predicted molar refractivity (Wildman–Crippen MR) is 30.7 cm³/mol. The molecule has 0 rings (SSSR count). The van der Waals surface area contributed by atoms with Gasteiger partial charge in [0.2, 0.25) is 0 Å². The molecule has 0 aliphatic rings. The molecule has 0 radical (unpaired) electrons. The number of urea groups is 1. The third-order valence-corrected chi connectivity index (χ3v) is 0.0902. The molecule has 0 aliphatic carbocycles. The van der Waals surface area contributed by atoms with Gasteiger partial charge in [0.15, 0.2) is 0 Å². The van der Waals surface area contributed by atoms with E-state index in [9.17, 15) is 0 Å². The number of rotatable bonds is 1. The van der Waals surface area contributed by atoms with Crippen molar-refractivity contribution in [3.05, 3.63) is 0 Å². The Balaban J connectivity index is -0.0000000419. The molecule has 0 aromatic carbocycles. The van der Waals surface area contributed by atoms with Crippen LogP contribution >= 0.6 is 0 Å². The third-order valence-electron chi connectivity index (χ3n) is 0.0902. The summed E-state index contributed by atoms with van der Waals surface area (Å²) in [6.07, 6.45) is 0. The van der Waals surface area contributed by atoms with Gasteiger partial charge in [0.1, 0.15) is 0 Å². The molecular formula is CH8BN2NaO7. The average Bonchev–Trinajstić information content (AvgIpc) is 1.91. The SMILES string of the molecule is NC(N)=O.OO.[Na+].[O-]B(O)OO. The van der Waals surface area contributed by atoms with Gasteiger partial charge in [-0.15, -0.1) is 0 Å². The average molecular weight is 194 g/mol. The van der Waals surface area contributed by atoms with Crippen LogP contribution in [0.5, 0.6) is 0 Å². The molecule has 0 aliphatic heterocycles. The Hall–Kier alpha value is 0.0949. The van der Waals surface area contributed by atoms with Gasteiger partial charge in [-0.05, 0) is 0 Å².